The summed E-state index contributed by atoms with van der Waals surface area (Å²) in [5.41, 5.74) is -0.474. The molecule has 8 heteroatoms. The van der Waals surface area contributed by atoms with Gasteiger partial charge < -0.3 is 10.6 Å². The van der Waals surface area contributed by atoms with Crippen LogP contribution < -0.4 is 10.6 Å². The monoisotopic (exact) mass is 343 g/mol. The standard InChI is InChI=1S/C16H20F3N3O2/c1-10-3-2-6-22(8-10)9-14(24)20-7-13(23)21-12-5-4-11(17)15(18)16(12)19/h4-5,10H,2-3,6-9H2,1H3,(H,20,24)(H,21,23). The predicted molar refractivity (Wildman–Crippen MR) is 82.8 cm³/mol. The number of hydrogen-bond donors (Lipinski definition) is 2. The Hall–Kier alpha value is -2.09. The van der Waals surface area contributed by atoms with Gasteiger partial charge in [0.2, 0.25) is 11.8 Å². The van der Waals surface area contributed by atoms with Crippen LogP contribution in [-0.2, 0) is 9.59 Å². The molecule has 132 valence electrons. The van der Waals surface area contributed by atoms with Crippen molar-refractivity contribution in [2.75, 3.05) is 31.5 Å². The lowest BCUT2D eigenvalue weighted by Gasteiger charge is -2.30. The first-order chi connectivity index (χ1) is 11.4. The molecule has 1 heterocycles. The summed E-state index contributed by atoms with van der Waals surface area (Å²) in [5.74, 6) is -4.97. The van der Waals surface area contributed by atoms with Crippen molar-refractivity contribution in [3.05, 3.63) is 29.6 Å². The van der Waals surface area contributed by atoms with E-state index in [1.165, 1.54) is 0 Å². The van der Waals surface area contributed by atoms with E-state index in [1.54, 1.807) is 0 Å². The van der Waals surface area contributed by atoms with Gasteiger partial charge in [-0.25, -0.2) is 13.2 Å². The molecule has 0 spiro atoms. The lowest BCUT2D eigenvalue weighted by Crippen LogP contribution is -2.43. The lowest BCUT2D eigenvalue weighted by atomic mass is 10.0. The molecule has 5 nitrogen and oxygen atoms in total. The third-order valence-corrected chi connectivity index (χ3v) is 3.86. The Balaban J connectivity index is 1.78. The summed E-state index contributed by atoms with van der Waals surface area (Å²) in [5, 5.41) is 4.52. The molecular weight excluding hydrogens is 323 g/mol. The van der Waals surface area contributed by atoms with Gasteiger partial charge >= 0.3 is 0 Å². The maximum Gasteiger partial charge on any atom is 0.243 e. The highest BCUT2D eigenvalue weighted by Crippen LogP contribution is 2.19. The Bertz CT molecular complexity index is 625. The molecule has 0 radical (unpaired) electrons. The van der Waals surface area contributed by atoms with E-state index >= 15 is 0 Å². The fourth-order valence-corrected chi connectivity index (χ4v) is 2.69. The van der Waals surface area contributed by atoms with Crippen LogP contribution in [0.2, 0.25) is 0 Å². The topological polar surface area (TPSA) is 61.4 Å². The molecule has 0 bridgehead atoms. The molecular formula is C16H20F3N3O2. The van der Waals surface area contributed by atoms with Crippen LogP contribution in [0.25, 0.3) is 0 Å². The summed E-state index contributed by atoms with van der Waals surface area (Å²) in [6, 6.07) is 1.63. The molecule has 24 heavy (non-hydrogen) atoms. The van der Waals surface area contributed by atoms with Gasteiger partial charge in [0.25, 0.3) is 0 Å². The minimum absolute atomic E-state index is 0.192. The van der Waals surface area contributed by atoms with Crippen LogP contribution in [0.1, 0.15) is 19.8 Å². The van der Waals surface area contributed by atoms with Gasteiger partial charge in [-0.1, -0.05) is 6.92 Å². The van der Waals surface area contributed by atoms with Crippen LogP contribution in [0, 0.1) is 23.4 Å². The normalized spacial score (nSPS) is 18.2. The van der Waals surface area contributed by atoms with E-state index in [0.29, 0.717) is 12.0 Å². The van der Waals surface area contributed by atoms with Crippen molar-refractivity contribution < 1.29 is 22.8 Å². The number of halogens is 3. The average molecular weight is 343 g/mol. The molecule has 1 aromatic carbocycles. The Labute approximate surface area is 138 Å². The molecule has 1 aliphatic heterocycles. The van der Waals surface area contributed by atoms with E-state index < -0.39 is 29.0 Å². The Morgan fingerprint density at radius 2 is 1.96 bits per heavy atom. The molecule has 1 atom stereocenters. The highest BCUT2D eigenvalue weighted by atomic mass is 19.2. The zero-order chi connectivity index (χ0) is 17.7. The van der Waals surface area contributed by atoms with E-state index in [0.717, 1.165) is 32.0 Å². The quantitative estimate of drug-likeness (QED) is 0.803. The van der Waals surface area contributed by atoms with Gasteiger partial charge in [0.15, 0.2) is 17.5 Å². The van der Waals surface area contributed by atoms with Crippen LogP contribution in [0.4, 0.5) is 18.9 Å². The molecule has 0 aliphatic carbocycles. The first-order valence-electron chi connectivity index (χ1n) is 7.79. The molecule has 1 saturated heterocycles. The van der Waals surface area contributed by atoms with Crippen LogP contribution in [0.15, 0.2) is 12.1 Å². The van der Waals surface area contributed by atoms with Crippen LogP contribution >= 0.6 is 0 Å². The number of anilines is 1. The maximum absolute atomic E-state index is 13.4. The van der Waals surface area contributed by atoms with Gasteiger partial charge in [0.05, 0.1) is 18.8 Å². The van der Waals surface area contributed by atoms with E-state index in [2.05, 4.69) is 17.6 Å². The van der Waals surface area contributed by atoms with Gasteiger partial charge in [0.1, 0.15) is 0 Å². The number of benzene rings is 1. The van der Waals surface area contributed by atoms with Crippen molar-refractivity contribution in [2.24, 2.45) is 5.92 Å². The molecule has 1 fully saturated rings. The summed E-state index contributed by atoms with van der Waals surface area (Å²) in [7, 11) is 0. The fraction of sp³-hybridized carbons (Fsp3) is 0.500. The first kappa shape index (κ1) is 18.3. The number of amides is 2. The Morgan fingerprint density at radius 1 is 1.21 bits per heavy atom. The summed E-state index contributed by atoms with van der Waals surface area (Å²) in [6.07, 6.45) is 2.17. The smallest absolute Gasteiger partial charge is 0.243 e. The summed E-state index contributed by atoms with van der Waals surface area (Å²) in [4.78, 5) is 25.5. The minimum Gasteiger partial charge on any atom is -0.346 e. The molecule has 0 aromatic heterocycles. The first-order valence-corrected chi connectivity index (χ1v) is 7.79. The average Bonchev–Trinajstić information content (AvgIpc) is 2.53. The number of piperidine rings is 1. The van der Waals surface area contributed by atoms with Crippen molar-refractivity contribution in [1.82, 2.24) is 10.2 Å². The number of nitrogens with zero attached hydrogens (tertiary/aromatic N) is 1. The number of hydrogen-bond acceptors (Lipinski definition) is 3. The highest BCUT2D eigenvalue weighted by molar-refractivity contribution is 5.94. The van der Waals surface area contributed by atoms with E-state index in [-0.39, 0.29) is 19.0 Å². The number of nitrogens with one attached hydrogen (secondary N) is 2. The van der Waals surface area contributed by atoms with Gasteiger partial charge in [-0.2, -0.15) is 0 Å². The van der Waals surface area contributed by atoms with Crippen molar-refractivity contribution >= 4 is 17.5 Å². The third kappa shape index (κ3) is 4.95. The number of carbonyl (C=O) groups is 2. The van der Waals surface area contributed by atoms with E-state index in [1.807, 2.05) is 4.90 Å². The van der Waals surface area contributed by atoms with Crippen LogP contribution in [0.3, 0.4) is 0 Å². The van der Waals surface area contributed by atoms with Gasteiger partial charge in [-0.05, 0) is 37.4 Å². The molecule has 1 aromatic rings. The highest BCUT2D eigenvalue weighted by Gasteiger charge is 2.19. The van der Waals surface area contributed by atoms with Crippen molar-refractivity contribution in [3.8, 4) is 0 Å². The largest absolute Gasteiger partial charge is 0.346 e. The van der Waals surface area contributed by atoms with Gasteiger partial charge in [-0.3, -0.25) is 14.5 Å². The van der Waals surface area contributed by atoms with Crippen molar-refractivity contribution in [2.45, 2.75) is 19.8 Å². The molecule has 1 unspecified atom stereocenters. The Morgan fingerprint density at radius 3 is 2.67 bits per heavy atom. The van der Waals surface area contributed by atoms with Gasteiger partial charge in [0, 0.05) is 6.54 Å². The number of carbonyl (C=O) groups excluding carboxylic acids is 2. The van der Waals surface area contributed by atoms with Crippen LogP contribution in [0.5, 0.6) is 0 Å². The number of rotatable bonds is 5. The fourth-order valence-electron chi connectivity index (χ4n) is 2.69. The summed E-state index contributed by atoms with van der Waals surface area (Å²) < 4.78 is 39.3. The third-order valence-electron chi connectivity index (χ3n) is 3.86. The second-order valence-electron chi connectivity index (χ2n) is 6.03. The Kier molecular flexibility index (Phi) is 6.19. The number of likely N-dealkylation sites (tertiary alicyclic amines) is 1. The zero-order valence-electron chi connectivity index (χ0n) is 13.4. The minimum atomic E-state index is -1.66. The second kappa shape index (κ2) is 8.14. The zero-order valence-corrected chi connectivity index (χ0v) is 13.4. The molecule has 2 amide bonds. The second-order valence-corrected chi connectivity index (χ2v) is 6.03. The van der Waals surface area contributed by atoms with Crippen LogP contribution in [-0.4, -0.2) is 42.9 Å². The predicted octanol–water partition coefficient (Wildman–Crippen LogP) is 1.89. The van der Waals surface area contributed by atoms with E-state index in [9.17, 15) is 22.8 Å². The van der Waals surface area contributed by atoms with Crippen molar-refractivity contribution in [1.29, 1.82) is 0 Å². The molecule has 2 rings (SSSR count). The molecule has 1 aliphatic rings. The SMILES string of the molecule is CC1CCCN(CC(=O)NCC(=O)Nc2ccc(F)c(F)c2F)C1. The van der Waals surface area contributed by atoms with Gasteiger partial charge in [-0.15, -0.1) is 0 Å². The van der Waals surface area contributed by atoms with Crippen molar-refractivity contribution in [3.63, 3.8) is 0 Å². The lowest BCUT2D eigenvalue weighted by molar-refractivity contribution is -0.125. The molecule has 2 N–H and O–H groups in total. The maximum atomic E-state index is 13.4. The molecule has 0 saturated carbocycles. The summed E-state index contributed by atoms with van der Waals surface area (Å²) in [6.45, 7) is 3.61. The summed E-state index contributed by atoms with van der Waals surface area (Å²) >= 11 is 0. The van der Waals surface area contributed by atoms with E-state index in [4.69, 9.17) is 0 Å².